The van der Waals surface area contributed by atoms with Crippen LogP contribution in [0.25, 0.3) is 6.08 Å². The standard InChI is InChI=1S/C22H19BrN2O6S/c1-13(21(28)30-2)25-20(27)18(32-22(25)29)11-14-8-9-17(16(23)10-14)31-12-19(26)24-15-6-4-3-5-7-15/h3-11,13H,12H2,1-2H3,(H,24,26)/b18-11+/t13-/m0/s1. The second-order valence-electron chi connectivity index (χ2n) is 6.64. The lowest BCUT2D eigenvalue weighted by atomic mass is 10.2. The molecule has 8 nitrogen and oxygen atoms in total. The number of anilines is 1. The number of methoxy groups -OCH3 is 1. The minimum Gasteiger partial charge on any atom is -0.483 e. The van der Waals surface area contributed by atoms with Gasteiger partial charge >= 0.3 is 5.97 Å². The first-order valence-corrected chi connectivity index (χ1v) is 11.0. The molecule has 1 saturated heterocycles. The number of rotatable bonds is 7. The van der Waals surface area contributed by atoms with E-state index in [2.05, 4.69) is 26.0 Å². The third-order valence-electron chi connectivity index (χ3n) is 4.42. The molecule has 1 fully saturated rings. The van der Waals surface area contributed by atoms with Crippen molar-refractivity contribution >= 4 is 62.5 Å². The van der Waals surface area contributed by atoms with Crippen molar-refractivity contribution in [2.45, 2.75) is 13.0 Å². The molecule has 0 bridgehead atoms. The lowest BCUT2D eigenvalue weighted by molar-refractivity contribution is -0.148. The zero-order valence-corrected chi connectivity index (χ0v) is 19.6. The Hall–Kier alpha value is -3.11. The van der Waals surface area contributed by atoms with E-state index in [0.717, 1.165) is 16.7 Å². The summed E-state index contributed by atoms with van der Waals surface area (Å²) in [5.41, 5.74) is 1.31. The predicted molar refractivity (Wildman–Crippen MR) is 124 cm³/mol. The number of thioether (sulfide) groups is 1. The number of carbonyl (C=O) groups excluding carboxylic acids is 4. The smallest absolute Gasteiger partial charge is 0.328 e. The van der Waals surface area contributed by atoms with Gasteiger partial charge in [-0.25, -0.2) is 4.79 Å². The SMILES string of the molecule is COC(=O)[C@H](C)N1C(=O)S/C(=C/c2ccc(OCC(=O)Nc3ccccc3)c(Br)c2)C1=O. The van der Waals surface area contributed by atoms with E-state index in [4.69, 9.17) is 4.74 Å². The van der Waals surface area contributed by atoms with Crippen LogP contribution < -0.4 is 10.1 Å². The van der Waals surface area contributed by atoms with Gasteiger partial charge in [-0.3, -0.25) is 19.3 Å². The Morgan fingerprint density at radius 3 is 2.56 bits per heavy atom. The van der Waals surface area contributed by atoms with Crippen LogP contribution in [0.3, 0.4) is 0 Å². The quantitative estimate of drug-likeness (QED) is 0.435. The summed E-state index contributed by atoms with van der Waals surface area (Å²) in [4.78, 5) is 49.6. The Bertz CT molecular complexity index is 1090. The highest BCUT2D eigenvalue weighted by atomic mass is 79.9. The van der Waals surface area contributed by atoms with E-state index in [1.165, 1.54) is 14.0 Å². The average Bonchev–Trinajstić information content (AvgIpc) is 3.05. The largest absolute Gasteiger partial charge is 0.483 e. The molecule has 1 aliphatic heterocycles. The second kappa shape index (κ2) is 10.5. The minimum absolute atomic E-state index is 0.183. The summed E-state index contributed by atoms with van der Waals surface area (Å²) in [6.45, 7) is 1.25. The van der Waals surface area contributed by atoms with Crippen LogP contribution >= 0.6 is 27.7 Å². The number of hydrogen-bond acceptors (Lipinski definition) is 7. The van der Waals surface area contributed by atoms with Crippen molar-refractivity contribution in [1.29, 1.82) is 0 Å². The maximum atomic E-state index is 12.6. The van der Waals surface area contributed by atoms with Crippen LogP contribution in [0.15, 0.2) is 57.9 Å². The molecule has 0 unspecified atom stereocenters. The zero-order chi connectivity index (χ0) is 23.3. The second-order valence-corrected chi connectivity index (χ2v) is 8.49. The topological polar surface area (TPSA) is 102 Å². The van der Waals surface area contributed by atoms with E-state index in [1.807, 2.05) is 18.2 Å². The number of nitrogens with zero attached hydrogens (tertiary/aromatic N) is 1. The highest BCUT2D eigenvalue weighted by molar-refractivity contribution is 9.10. The number of benzene rings is 2. The molecule has 2 aromatic rings. The van der Waals surface area contributed by atoms with Gasteiger partial charge in [-0.05, 0) is 70.5 Å². The number of para-hydroxylation sites is 1. The van der Waals surface area contributed by atoms with Crippen molar-refractivity contribution in [3.8, 4) is 5.75 Å². The molecular formula is C22H19BrN2O6S. The van der Waals surface area contributed by atoms with Crippen molar-refractivity contribution in [3.05, 3.63) is 63.5 Å². The Morgan fingerprint density at radius 1 is 1.19 bits per heavy atom. The van der Waals surface area contributed by atoms with E-state index in [1.54, 1.807) is 36.4 Å². The highest BCUT2D eigenvalue weighted by Crippen LogP contribution is 2.35. The molecular weight excluding hydrogens is 500 g/mol. The lowest BCUT2D eigenvalue weighted by Crippen LogP contribution is -2.42. The molecule has 1 N–H and O–H groups in total. The Morgan fingerprint density at radius 2 is 1.91 bits per heavy atom. The van der Waals surface area contributed by atoms with Crippen LogP contribution in [0.1, 0.15) is 12.5 Å². The molecule has 1 atom stereocenters. The highest BCUT2D eigenvalue weighted by Gasteiger charge is 2.41. The number of hydrogen-bond donors (Lipinski definition) is 1. The molecule has 0 radical (unpaired) electrons. The fraction of sp³-hybridized carbons (Fsp3) is 0.182. The third kappa shape index (κ3) is 5.57. The zero-order valence-electron chi connectivity index (χ0n) is 17.2. The van der Waals surface area contributed by atoms with Crippen LogP contribution in [-0.2, 0) is 19.1 Å². The fourth-order valence-electron chi connectivity index (χ4n) is 2.83. The Balaban J connectivity index is 1.65. The first-order chi connectivity index (χ1) is 15.3. The number of ether oxygens (including phenoxy) is 2. The van der Waals surface area contributed by atoms with Gasteiger partial charge in [0.2, 0.25) is 0 Å². The number of imide groups is 1. The van der Waals surface area contributed by atoms with Crippen molar-refractivity contribution in [1.82, 2.24) is 4.90 Å². The summed E-state index contributed by atoms with van der Waals surface area (Å²) < 4.78 is 10.7. The minimum atomic E-state index is -1.01. The number of amides is 3. The van der Waals surface area contributed by atoms with Crippen molar-refractivity contribution in [2.75, 3.05) is 19.0 Å². The molecule has 10 heteroatoms. The molecule has 0 saturated carbocycles. The van der Waals surface area contributed by atoms with E-state index in [9.17, 15) is 19.2 Å². The van der Waals surface area contributed by atoms with E-state index >= 15 is 0 Å². The summed E-state index contributed by atoms with van der Waals surface area (Å²) in [5, 5.41) is 2.19. The van der Waals surface area contributed by atoms with Crippen molar-refractivity contribution < 1.29 is 28.7 Å². The molecule has 0 spiro atoms. The number of halogens is 1. The number of nitrogens with one attached hydrogen (secondary N) is 1. The molecule has 2 aromatic carbocycles. The van der Waals surface area contributed by atoms with E-state index in [-0.39, 0.29) is 17.4 Å². The van der Waals surface area contributed by atoms with E-state index < -0.39 is 23.2 Å². The average molecular weight is 519 g/mol. The van der Waals surface area contributed by atoms with Crippen LogP contribution in [0, 0.1) is 0 Å². The van der Waals surface area contributed by atoms with Crippen LogP contribution in [0.5, 0.6) is 5.75 Å². The Labute approximate surface area is 197 Å². The number of carbonyl (C=O) groups is 4. The molecule has 0 aromatic heterocycles. The molecule has 1 aliphatic rings. The van der Waals surface area contributed by atoms with Gasteiger partial charge in [0.1, 0.15) is 11.8 Å². The summed E-state index contributed by atoms with van der Waals surface area (Å²) in [6.07, 6.45) is 1.55. The van der Waals surface area contributed by atoms with Gasteiger partial charge in [-0.15, -0.1) is 0 Å². The lowest BCUT2D eigenvalue weighted by Gasteiger charge is -2.18. The summed E-state index contributed by atoms with van der Waals surface area (Å²) in [6, 6.07) is 13.1. The molecule has 1 heterocycles. The molecule has 166 valence electrons. The van der Waals surface area contributed by atoms with Crippen molar-refractivity contribution in [3.63, 3.8) is 0 Å². The summed E-state index contributed by atoms with van der Waals surface area (Å²) in [7, 11) is 1.19. The molecule has 0 aliphatic carbocycles. The van der Waals surface area contributed by atoms with Gasteiger partial charge in [0.25, 0.3) is 17.1 Å². The molecule has 3 amide bonds. The van der Waals surface area contributed by atoms with Gasteiger partial charge in [-0.2, -0.15) is 0 Å². The monoisotopic (exact) mass is 518 g/mol. The van der Waals surface area contributed by atoms with Gasteiger partial charge in [0.05, 0.1) is 16.5 Å². The van der Waals surface area contributed by atoms with Gasteiger partial charge < -0.3 is 14.8 Å². The molecule has 32 heavy (non-hydrogen) atoms. The third-order valence-corrected chi connectivity index (χ3v) is 5.93. The van der Waals surface area contributed by atoms with Gasteiger partial charge in [-0.1, -0.05) is 24.3 Å². The molecule has 3 rings (SSSR count). The normalized spacial score (nSPS) is 15.6. The van der Waals surface area contributed by atoms with Gasteiger partial charge in [0, 0.05) is 5.69 Å². The fourth-order valence-corrected chi connectivity index (χ4v) is 4.25. The summed E-state index contributed by atoms with van der Waals surface area (Å²) in [5.74, 6) is -1.10. The van der Waals surface area contributed by atoms with Crippen LogP contribution in [-0.4, -0.2) is 47.7 Å². The predicted octanol–water partition coefficient (Wildman–Crippen LogP) is 4.06. The van der Waals surface area contributed by atoms with Crippen molar-refractivity contribution in [2.24, 2.45) is 0 Å². The van der Waals surface area contributed by atoms with Crippen LogP contribution in [0.4, 0.5) is 10.5 Å². The first-order valence-electron chi connectivity index (χ1n) is 9.42. The van der Waals surface area contributed by atoms with Crippen LogP contribution in [0.2, 0.25) is 0 Å². The first kappa shape index (κ1) is 23.6. The van der Waals surface area contributed by atoms with E-state index in [0.29, 0.717) is 21.5 Å². The number of esters is 1. The summed E-state index contributed by atoms with van der Waals surface area (Å²) >= 11 is 4.14. The maximum absolute atomic E-state index is 12.6. The Kier molecular flexibility index (Phi) is 7.70. The maximum Gasteiger partial charge on any atom is 0.328 e. The van der Waals surface area contributed by atoms with Gasteiger partial charge in [0.15, 0.2) is 6.61 Å².